The van der Waals surface area contributed by atoms with E-state index in [1.54, 1.807) is 12.1 Å². The van der Waals surface area contributed by atoms with Crippen molar-refractivity contribution < 1.29 is 24.5 Å². The van der Waals surface area contributed by atoms with Gasteiger partial charge in [0.05, 0.1) is 12.8 Å². The van der Waals surface area contributed by atoms with Gasteiger partial charge in [0.2, 0.25) is 11.1 Å². The first-order valence-corrected chi connectivity index (χ1v) is 5.86. The number of rotatable bonds is 8. The summed E-state index contributed by atoms with van der Waals surface area (Å²) in [5.74, 6) is -2.27. The summed E-state index contributed by atoms with van der Waals surface area (Å²) in [6, 6.07) is 3.55. The smallest absolute Gasteiger partial charge is 0.303 e. The number of nitriles is 2. The summed E-state index contributed by atoms with van der Waals surface area (Å²) >= 11 is 0. The molecule has 0 saturated heterocycles. The lowest BCUT2D eigenvalue weighted by atomic mass is 9.89. The summed E-state index contributed by atoms with van der Waals surface area (Å²) in [7, 11) is 0. The zero-order valence-electron chi connectivity index (χ0n) is 11.3. The maximum atomic E-state index is 10.6. The van der Waals surface area contributed by atoms with E-state index in [0.29, 0.717) is 4.70 Å². The lowest BCUT2D eigenvalue weighted by Crippen LogP contribution is -2.49. The molecule has 0 saturated carbocycles. The Labute approximate surface area is 116 Å². The van der Waals surface area contributed by atoms with E-state index in [2.05, 4.69) is 0 Å². The second-order valence-electron chi connectivity index (χ2n) is 4.87. The van der Waals surface area contributed by atoms with Crippen LogP contribution in [0.3, 0.4) is 0 Å². The molecule has 0 aliphatic heterocycles. The van der Waals surface area contributed by atoms with E-state index < -0.39 is 23.0 Å². The molecule has 0 aliphatic rings. The number of carboxylic acids is 2. The molecule has 2 unspecified atom stereocenters. The van der Waals surface area contributed by atoms with Gasteiger partial charge in [-0.05, 0) is 0 Å². The van der Waals surface area contributed by atoms with E-state index in [-0.39, 0.29) is 25.7 Å². The third-order valence-corrected chi connectivity index (χ3v) is 3.07. The van der Waals surface area contributed by atoms with E-state index in [9.17, 15) is 15.1 Å². The van der Waals surface area contributed by atoms with Crippen molar-refractivity contribution in [2.24, 2.45) is 0 Å². The molecule has 0 rings (SSSR count). The molecular weight excluding hydrogens is 264 g/mol. The minimum Gasteiger partial charge on any atom is -0.504 e. The van der Waals surface area contributed by atoms with Gasteiger partial charge in [-0.1, -0.05) is 0 Å². The lowest BCUT2D eigenvalue weighted by molar-refractivity contribution is -0.663. The molecule has 0 heterocycles. The molecule has 2 N–H and O–H groups in total. The Kier molecular flexibility index (Phi) is 5.80. The van der Waals surface area contributed by atoms with Crippen molar-refractivity contribution in [2.45, 2.75) is 50.6 Å². The van der Waals surface area contributed by atoms with Crippen LogP contribution in [-0.2, 0) is 9.59 Å². The van der Waals surface area contributed by atoms with Crippen LogP contribution in [0.4, 0.5) is 0 Å². The first kappa shape index (κ1) is 17.5. The number of carbonyl (C=O) groups is 2. The molecular formula is C12H16N4O4. The average molecular weight is 280 g/mol. The van der Waals surface area contributed by atoms with Crippen LogP contribution in [0.5, 0.6) is 0 Å². The molecule has 20 heavy (non-hydrogen) atoms. The highest BCUT2D eigenvalue weighted by Crippen LogP contribution is 2.27. The van der Waals surface area contributed by atoms with Crippen molar-refractivity contribution in [2.75, 3.05) is 0 Å². The van der Waals surface area contributed by atoms with Crippen LogP contribution < -0.4 is 0 Å². The van der Waals surface area contributed by atoms with E-state index >= 15 is 0 Å². The lowest BCUT2D eigenvalue weighted by Gasteiger charge is -2.32. The SMILES string of the molecule is CC(C#N)(CCC(=O)O)[N+](=[N-])C(C)(C#N)CCC(=O)O. The van der Waals surface area contributed by atoms with Crippen LogP contribution in [0, 0.1) is 22.7 Å². The number of carboxylic acid groups (broad SMARTS) is 2. The maximum absolute atomic E-state index is 10.6. The van der Waals surface area contributed by atoms with Crippen LogP contribution in [0.2, 0.25) is 0 Å². The van der Waals surface area contributed by atoms with E-state index in [4.69, 9.17) is 20.7 Å². The fourth-order valence-corrected chi connectivity index (χ4v) is 1.66. The van der Waals surface area contributed by atoms with Gasteiger partial charge in [0.1, 0.15) is 12.1 Å². The number of hydrogen-bond donors (Lipinski definition) is 2. The molecule has 0 aromatic heterocycles. The Morgan fingerprint density at radius 1 is 1.05 bits per heavy atom. The third-order valence-electron chi connectivity index (χ3n) is 3.07. The van der Waals surface area contributed by atoms with Crippen molar-refractivity contribution in [3.63, 3.8) is 0 Å². The first-order chi connectivity index (χ1) is 9.11. The second-order valence-corrected chi connectivity index (χ2v) is 4.87. The van der Waals surface area contributed by atoms with Crippen molar-refractivity contribution in [1.29, 1.82) is 10.5 Å². The standard InChI is InChI=1S/C12H16N4O4/c1-11(7-13,5-3-9(17)18)16(15)12(2,8-14)6-4-10(19)20/h3-6H2,1-2H3,(H,17,18)(H,19,20). The minimum absolute atomic E-state index is 0.195. The predicted octanol–water partition coefficient (Wildman–Crippen LogP) is 1.31. The van der Waals surface area contributed by atoms with Crippen molar-refractivity contribution in [3.05, 3.63) is 5.53 Å². The predicted molar refractivity (Wildman–Crippen MR) is 65.4 cm³/mol. The summed E-state index contributed by atoms with van der Waals surface area (Å²) in [6.07, 6.45) is -1.11. The molecule has 0 aliphatic carbocycles. The Morgan fingerprint density at radius 3 is 1.55 bits per heavy atom. The van der Waals surface area contributed by atoms with Crippen LogP contribution in [0.25, 0.3) is 5.53 Å². The Balaban J connectivity index is 5.23. The monoisotopic (exact) mass is 280 g/mol. The van der Waals surface area contributed by atoms with Crippen LogP contribution in [0.1, 0.15) is 39.5 Å². The fraction of sp³-hybridized carbons (Fsp3) is 0.667. The van der Waals surface area contributed by atoms with Gasteiger partial charge >= 0.3 is 11.9 Å². The van der Waals surface area contributed by atoms with Crippen LogP contribution >= 0.6 is 0 Å². The van der Waals surface area contributed by atoms with Gasteiger partial charge in [0.15, 0.2) is 0 Å². The molecule has 2 atom stereocenters. The van der Waals surface area contributed by atoms with E-state index in [0.717, 1.165) is 0 Å². The Morgan fingerprint density at radius 2 is 1.35 bits per heavy atom. The summed E-state index contributed by atoms with van der Waals surface area (Å²) in [6.45, 7) is 2.60. The van der Waals surface area contributed by atoms with Gasteiger partial charge in [0.25, 0.3) is 0 Å². The van der Waals surface area contributed by atoms with E-state index in [1.165, 1.54) is 13.8 Å². The highest BCUT2D eigenvalue weighted by Gasteiger charge is 2.45. The molecule has 0 aromatic carbocycles. The highest BCUT2D eigenvalue weighted by molar-refractivity contribution is 5.67. The summed E-state index contributed by atoms with van der Waals surface area (Å²) in [5, 5.41) is 35.5. The number of hydrogen-bond acceptors (Lipinski definition) is 4. The molecule has 0 radical (unpaired) electrons. The van der Waals surface area contributed by atoms with Gasteiger partial charge in [-0.15, -0.1) is 0 Å². The maximum Gasteiger partial charge on any atom is 0.303 e. The topological polar surface area (TPSA) is 147 Å². The molecule has 8 nitrogen and oxygen atoms in total. The molecule has 0 spiro atoms. The Bertz CT molecular complexity index is 461. The van der Waals surface area contributed by atoms with Crippen molar-refractivity contribution in [3.8, 4) is 12.1 Å². The zero-order chi connectivity index (χ0) is 16.0. The summed E-state index contributed by atoms with van der Waals surface area (Å²) < 4.78 is 0.464. The molecule has 108 valence electrons. The first-order valence-electron chi connectivity index (χ1n) is 5.86. The van der Waals surface area contributed by atoms with E-state index in [1.807, 2.05) is 0 Å². The third kappa shape index (κ3) is 4.32. The van der Waals surface area contributed by atoms with Gasteiger partial charge in [0, 0.05) is 26.7 Å². The average Bonchev–Trinajstić information content (AvgIpc) is 2.41. The summed E-state index contributed by atoms with van der Waals surface area (Å²) in [5.41, 5.74) is 6.92. The van der Waals surface area contributed by atoms with Crippen molar-refractivity contribution in [1.82, 2.24) is 0 Å². The van der Waals surface area contributed by atoms with Crippen LogP contribution in [0.15, 0.2) is 0 Å². The van der Waals surface area contributed by atoms with Crippen molar-refractivity contribution >= 4 is 11.9 Å². The van der Waals surface area contributed by atoms with Gasteiger partial charge < -0.3 is 15.7 Å². The number of aliphatic carboxylic acids is 2. The second kappa shape index (κ2) is 6.62. The van der Waals surface area contributed by atoms with Crippen LogP contribution in [-0.4, -0.2) is 37.9 Å². The minimum atomic E-state index is -1.60. The largest absolute Gasteiger partial charge is 0.504 e. The number of nitrogens with zero attached hydrogens (tertiary/aromatic N) is 4. The summed E-state index contributed by atoms with van der Waals surface area (Å²) in [4.78, 5) is 21.1. The molecule has 8 heteroatoms. The molecule has 0 fully saturated rings. The highest BCUT2D eigenvalue weighted by atomic mass is 16.4. The van der Waals surface area contributed by atoms with Gasteiger partial charge in [-0.25, -0.2) is 0 Å². The molecule has 0 bridgehead atoms. The van der Waals surface area contributed by atoms with Gasteiger partial charge in [-0.2, -0.15) is 10.5 Å². The molecule has 0 aromatic rings. The van der Waals surface area contributed by atoms with Gasteiger partial charge in [-0.3, -0.25) is 14.3 Å². The Hall–Kier alpha value is -2.48. The molecule has 0 amide bonds. The quantitative estimate of drug-likeness (QED) is 0.506. The normalized spacial score (nSPS) is 16.0. The fourth-order valence-electron chi connectivity index (χ4n) is 1.66. The zero-order valence-corrected chi connectivity index (χ0v) is 11.3.